The molecule has 0 fully saturated rings. The number of benzene rings is 1. The van der Waals surface area contributed by atoms with Gasteiger partial charge in [-0.1, -0.05) is 37.2 Å². The van der Waals surface area contributed by atoms with Crippen LogP contribution in [0.3, 0.4) is 0 Å². The van der Waals surface area contributed by atoms with Gasteiger partial charge in [-0.15, -0.1) is 0 Å². The Labute approximate surface area is 137 Å². The lowest BCUT2D eigenvalue weighted by atomic mass is 9.84. The van der Waals surface area contributed by atoms with Crippen molar-refractivity contribution < 1.29 is 22.5 Å². The summed E-state index contributed by atoms with van der Waals surface area (Å²) in [6.45, 7) is 3.91. The first-order valence-corrected chi connectivity index (χ1v) is 7.27. The molecule has 0 aliphatic carbocycles. The molecular formula is C16H18F3N3O2. The Morgan fingerprint density at radius 3 is 2.50 bits per heavy atom. The molecule has 5 nitrogen and oxygen atoms in total. The number of hydrogen-bond donors (Lipinski definition) is 2. The van der Waals surface area contributed by atoms with Crippen molar-refractivity contribution in [2.24, 2.45) is 0 Å². The van der Waals surface area contributed by atoms with Crippen LogP contribution in [0.25, 0.3) is 0 Å². The summed E-state index contributed by atoms with van der Waals surface area (Å²) in [5.41, 5.74) is -0.299. The Balaban J connectivity index is 1.94. The summed E-state index contributed by atoms with van der Waals surface area (Å²) in [6.07, 6.45) is -3.00. The third kappa shape index (κ3) is 4.74. The number of carbonyl (C=O) groups is 1. The topological polar surface area (TPSA) is 67.2 Å². The molecule has 130 valence electrons. The van der Waals surface area contributed by atoms with Gasteiger partial charge in [0.05, 0.1) is 12.1 Å². The van der Waals surface area contributed by atoms with E-state index >= 15 is 0 Å². The minimum absolute atomic E-state index is 0.180. The first kappa shape index (κ1) is 17.8. The Hall–Kier alpha value is -2.51. The van der Waals surface area contributed by atoms with Crippen LogP contribution >= 0.6 is 0 Å². The normalized spacial score (nSPS) is 12.0. The largest absolute Gasteiger partial charge is 0.416 e. The summed E-state index contributed by atoms with van der Waals surface area (Å²) in [5, 5.41) is 8.90. The van der Waals surface area contributed by atoms with Crippen LogP contribution in [0.1, 0.15) is 30.7 Å². The van der Waals surface area contributed by atoms with Crippen molar-refractivity contribution in [2.45, 2.75) is 32.0 Å². The number of alkyl halides is 3. The van der Waals surface area contributed by atoms with E-state index in [1.54, 1.807) is 26.0 Å². The van der Waals surface area contributed by atoms with E-state index in [9.17, 15) is 18.0 Å². The van der Waals surface area contributed by atoms with E-state index in [0.717, 1.165) is 12.1 Å². The van der Waals surface area contributed by atoms with Crippen LogP contribution in [-0.4, -0.2) is 17.7 Å². The molecule has 0 saturated carbocycles. The summed E-state index contributed by atoms with van der Waals surface area (Å²) in [7, 11) is 0. The zero-order chi connectivity index (χ0) is 17.8. The van der Waals surface area contributed by atoms with Gasteiger partial charge in [0.15, 0.2) is 0 Å². The van der Waals surface area contributed by atoms with Crippen LogP contribution in [-0.2, 0) is 18.1 Å². The molecule has 0 aliphatic heterocycles. The predicted molar refractivity (Wildman–Crippen MR) is 81.2 cm³/mol. The van der Waals surface area contributed by atoms with Gasteiger partial charge in [-0.3, -0.25) is 0 Å². The van der Waals surface area contributed by atoms with Crippen LogP contribution in [0.15, 0.2) is 41.1 Å². The van der Waals surface area contributed by atoms with Crippen molar-refractivity contribution in [3.05, 3.63) is 53.4 Å². The highest BCUT2D eigenvalue weighted by atomic mass is 19.4. The lowest BCUT2D eigenvalue weighted by molar-refractivity contribution is -0.137. The fourth-order valence-electron chi connectivity index (χ4n) is 2.08. The van der Waals surface area contributed by atoms with Gasteiger partial charge >= 0.3 is 12.2 Å². The first-order valence-electron chi connectivity index (χ1n) is 7.27. The number of carbonyl (C=O) groups excluding carboxylic acids is 1. The zero-order valence-electron chi connectivity index (χ0n) is 13.3. The minimum Gasteiger partial charge on any atom is -0.364 e. The summed E-state index contributed by atoms with van der Waals surface area (Å²) < 4.78 is 43.1. The van der Waals surface area contributed by atoms with Gasteiger partial charge < -0.3 is 15.2 Å². The van der Waals surface area contributed by atoms with E-state index in [4.69, 9.17) is 0 Å². The molecule has 1 aromatic heterocycles. The van der Waals surface area contributed by atoms with Crippen LogP contribution < -0.4 is 10.6 Å². The average Bonchev–Trinajstić information content (AvgIpc) is 3.04. The third-order valence-corrected chi connectivity index (χ3v) is 3.58. The van der Waals surface area contributed by atoms with E-state index in [-0.39, 0.29) is 13.1 Å². The van der Waals surface area contributed by atoms with Crippen molar-refractivity contribution in [2.75, 3.05) is 6.54 Å². The number of rotatable bonds is 5. The van der Waals surface area contributed by atoms with E-state index in [1.807, 2.05) is 0 Å². The second-order valence-corrected chi connectivity index (χ2v) is 5.99. The van der Waals surface area contributed by atoms with Gasteiger partial charge in [0, 0.05) is 18.0 Å². The second kappa shape index (κ2) is 6.94. The van der Waals surface area contributed by atoms with E-state index < -0.39 is 23.2 Å². The summed E-state index contributed by atoms with van der Waals surface area (Å²) in [6, 6.07) is 6.30. The van der Waals surface area contributed by atoms with Crippen molar-refractivity contribution >= 4 is 6.03 Å². The average molecular weight is 341 g/mol. The van der Waals surface area contributed by atoms with E-state index in [2.05, 4.69) is 20.3 Å². The standard InChI is InChI=1S/C16H18F3N3O2/c1-15(2,11-4-3-5-12(8-11)16(17,18)19)10-21-14(23)20-9-13-6-7-24-22-13/h3-8H,9-10H2,1-2H3,(H2,20,21,23). The van der Waals surface area contributed by atoms with Crippen LogP contribution in [0, 0.1) is 0 Å². The lowest BCUT2D eigenvalue weighted by Gasteiger charge is -2.26. The molecule has 0 radical (unpaired) electrons. The molecule has 0 atom stereocenters. The quantitative estimate of drug-likeness (QED) is 0.875. The van der Waals surface area contributed by atoms with Crippen molar-refractivity contribution in [3.8, 4) is 0 Å². The first-order chi connectivity index (χ1) is 11.2. The van der Waals surface area contributed by atoms with Crippen molar-refractivity contribution in [1.29, 1.82) is 0 Å². The highest BCUT2D eigenvalue weighted by molar-refractivity contribution is 5.73. The smallest absolute Gasteiger partial charge is 0.364 e. The number of nitrogens with one attached hydrogen (secondary N) is 2. The highest BCUT2D eigenvalue weighted by Crippen LogP contribution is 2.32. The van der Waals surface area contributed by atoms with Crippen molar-refractivity contribution in [3.63, 3.8) is 0 Å². The van der Waals surface area contributed by atoms with Crippen LogP contribution in [0.2, 0.25) is 0 Å². The van der Waals surface area contributed by atoms with Gasteiger partial charge in [0.25, 0.3) is 0 Å². The number of nitrogens with zero attached hydrogens (tertiary/aromatic N) is 1. The molecule has 2 rings (SSSR count). The molecule has 0 spiro atoms. The zero-order valence-corrected chi connectivity index (χ0v) is 13.3. The van der Waals surface area contributed by atoms with Gasteiger partial charge in [0.2, 0.25) is 0 Å². The Bertz CT molecular complexity index is 682. The van der Waals surface area contributed by atoms with Gasteiger partial charge in [0.1, 0.15) is 12.0 Å². The summed E-state index contributed by atoms with van der Waals surface area (Å²) in [4.78, 5) is 11.8. The molecule has 0 bridgehead atoms. The minimum atomic E-state index is -4.39. The van der Waals surface area contributed by atoms with E-state index in [1.165, 1.54) is 12.3 Å². The maximum absolute atomic E-state index is 12.8. The molecule has 1 aromatic carbocycles. The molecule has 0 unspecified atom stereocenters. The number of hydrogen-bond acceptors (Lipinski definition) is 3. The van der Waals surface area contributed by atoms with Gasteiger partial charge in [-0.25, -0.2) is 4.79 Å². The molecular weight excluding hydrogens is 323 g/mol. The maximum atomic E-state index is 12.8. The monoisotopic (exact) mass is 341 g/mol. The molecule has 8 heteroatoms. The predicted octanol–water partition coefficient (Wildman–Crippen LogP) is 3.47. The number of halogens is 3. The molecule has 0 saturated heterocycles. The molecule has 2 N–H and O–H groups in total. The number of urea groups is 1. The van der Waals surface area contributed by atoms with Crippen LogP contribution in [0.4, 0.5) is 18.0 Å². The fourth-order valence-corrected chi connectivity index (χ4v) is 2.08. The molecule has 1 heterocycles. The molecule has 2 aromatic rings. The highest BCUT2D eigenvalue weighted by Gasteiger charge is 2.32. The number of amides is 2. The van der Waals surface area contributed by atoms with E-state index in [0.29, 0.717) is 11.3 Å². The third-order valence-electron chi connectivity index (χ3n) is 3.58. The second-order valence-electron chi connectivity index (χ2n) is 5.99. The van der Waals surface area contributed by atoms with Crippen LogP contribution in [0.5, 0.6) is 0 Å². The Morgan fingerprint density at radius 2 is 1.88 bits per heavy atom. The summed E-state index contributed by atoms with van der Waals surface area (Å²) >= 11 is 0. The fraction of sp³-hybridized carbons (Fsp3) is 0.375. The number of aromatic nitrogens is 1. The maximum Gasteiger partial charge on any atom is 0.416 e. The molecule has 0 aliphatic rings. The van der Waals surface area contributed by atoms with Crippen molar-refractivity contribution in [1.82, 2.24) is 15.8 Å². The van der Waals surface area contributed by atoms with Gasteiger partial charge in [-0.2, -0.15) is 13.2 Å². The Morgan fingerprint density at radius 1 is 1.17 bits per heavy atom. The lowest BCUT2D eigenvalue weighted by Crippen LogP contribution is -2.42. The Kier molecular flexibility index (Phi) is 5.16. The molecule has 2 amide bonds. The van der Waals surface area contributed by atoms with Gasteiger partial charge in [-0.05, 0) is 11.6 Å². The summed E-state index contributed by atoms with van der Waals surface area (Å²) in [5.74, 6) is 0. The molecule has 24 heavy (non-hydrogen) atoms. The SMILES string of the molecule is CC(C)(CNC(=O)NCc1ccon1)c1cccc(C(F)(F)F)c1.